The van der Waals surface area contributed by atoms with Crippen LogP contribution < -0.4 is 0 Å². The highest BCUT2D eigenvalue weighted by molar-refractivity contribution is 6.15. The fourth-order valence-corrected chi connectivity index (χ4v) is 3.98. The summed E-state index contributed by atoms with van der Waals surface area (Å²) >= 11 is 0. The first-order valence-electron chi connectivity index (χ1n) is 9.66. The van der Waals surface area contributed by atoms with Gasteiger partial charge in [-0.1, -0.05) is 37.3 Å². The first kappa shape index (κ1) is 20.4. The molecule has 28 heavy (non-hydrogen) atoms. The molecule has 1 saturated heterocycles. The van der Waals surface area contributed by atoms with Crippen LogP contribution >= 0.6 is 0 Å². The van der Waals surface area contributed by atoms with Gasteiger partial charge in [-0.2, -0.15) is 0 Å². The number of benzene rings is 2. The third kappa shape index (κ3) is 3.42. The zero-order valence-corrected chi connectivity index (χ0v) is 17.4. The minimum atomic E-state index is -1.04. The molecular formula is C24H27FO3. The summed E-state index contributed by atoms with van der Waals surface area (Å²) in [5.41, 5.74) is 1.80. The zero-order valence-electron chi connectivity index (χ0n) is 17.4. The van der Waals surface area contributed by atoms with E-state index in [1.807, 2.05) is 31.2 Å². The molecule has 1 aliphatic heterocycles. The Morgan fingerprint density at radius 1 is 0.929 bits per heavy atom. The highest BCUT2D eigenvalue weighted by Gasteiger charge is 2.53. The normalized spacial score (nSPS) is 19.1. The number of aryl methyl sites for hydroxylation is 2. The van der Waals surface area contributed by atoms with Gasteiger partial charge in [-0.05, 0) is 74.9 Å². The van der Waals surface area contributed by atoms with E-state index in [2.05, 4.69) is 0 Å². The lowest BCUT2D eigenvalue weighted by molar-refractivity contribution is -0.184. The van der Waals surface area contributed by atoms with Crippen molar-refractivity contribution in [3.05, 3.63) is 58.9 Å². The minimum Gasteiger partial charge on any atom is -0.354 e. The smallest absolute Gasteiger partial charge is 0.179 e. The molecule has 2 aromatic carbocycles. The molecule has 4 heteroatoms. The summed E-state index contributed by atoms with van der Waals surface area (Å²) in [6.45, 7) is 10.6. The monoisotopic (exact) mass is 382 g/mol. The molecule has 1 heterocycles. The SMILES string of the molecule is CCc1cc(-c2ccc(C)c(F)c2)ccc1C1C(=O)C(C)(C)OC(C)(C)C1=O. The number of halogens is 1. The van der Waals surface area contributed by atoms with Gasteiger partial charge in [0.05, 0.1) is 0 Å². The minimum absolute atomic E-state index is 0.222. The fourth-order valence-electron chi connectivity index (χ4n) is 3.98. The first-order valence-corrected chi connectivity index (χ1v) is 9.66. The Kier molecular flexibility index (Phi) is 5.05. The Hall–Kier alpha value is -2.33. The Morgan fingerprint density at radius 2 is 1.46 bits per heavy atom. The molecule has 0 bridgehead atoms. The van der Waals surface area contributed by atoms with Crippen LogP contribution in [0, 0.1) is 12.7 Å². The number of Topliss-reactive ketones (excluding diaryl/α,β-unsaturated/α-hetero) is 2. The second-order valence-corrected chi connectivity index (χ2v) is 8.52. The van der Waals surface area contributed by atoms with Crippen LogP contribution in [0.5, 0.6) is 0 Å². The van der Waals surface area contributed by atoms with Gasteiger partial charge in [-0.25, -0.2) is 4.39 Å². The zero-order chi connectivity index (χ0) is 20.9. The quantitative estimate of drug-likeness (QED) is 0.688. The molecule has 0 radical (unpaired) electrons. The average Bonchev–Trinajstić information content (AvgIpc) is 2.62. The van der Waals surface area contributed by atoms with Gasteiger partial charge >= 0.3 is 0 Å². The van der Waals surface area contributed by atoms with Crippen molar-refractivity contribution in [1.82, 2.24) is 0 Å². The van der Waals surface area contributed by atoms with E-state index in [9.17, 15) is 14.0 Å². The van der Waals surface area contributed by atoms with Crippen molar-refractivity contribution in [1.29, 1.82) is 0 Å². The Bertz CT molecular complexity index is 930. The summed E-state index contributed by atoms with van der Waals surface area (Å²) in [6.07, 6.45) is 0.663. The van der Waals surface area contributed by atoms with E-state index >= 15 is 0 Å². The maximum atomic E-state index is 14.0. The Labute approximate surface area is 165 Å². The molecule has 0 atom stereocenters. The maximum Gasteiger partial charge on any atom is 0.179 e. The maximum absolute atomic E-state index is 14.0. The molecule has 0 unspecified atom stereocenters. The van der Waals surface area contributed by atoms with Gasteiger partial charge in [0.1, 0.15) is 22.9 Å². The van der Waals surface area contributed by atoms with E-state index in [1.165, 1.54) is 6.07 Å². The molecule has 0 aliphatic carbocycles. The van der Waals surface area contributed by atoms with Gasteiger partial charge < -0.3 is 4.74 Å². The van der Waals surface area contributed by atoms with Gasteiger partial charge in [-0.15, -0.1) is 0 Å². The van der Waals surface area contributed by atoms with E-state index in [1.54, 1.807) is 40.7 Å². The summed E-state index contributed by atoms with van der Waals surface area (Å²) in [6, 6.07) is 10.8. The number of rotatable bonds is 3. The number of hydrogen-bond acceptors (Lipinski definition) is 3. The molecule has 0 spiro atoms. The van der Waals surface area contributed by atoms with Crippen LogP contribution in [-0.2, 0) is 20.7 Å². The van der Waals surface area contributed by atoms with Gasteiger partial charge in [0.2, 0.25) is 0 Å². The Morgan fingerprint density at radius 3 is 2.00 bits per heavy atom. The lowest BCUT2D eigenvalue weighted by atomic mass is 9.73. The van der Waals surface area contributed by atoms with E-state index in [0.717, 1.165) is 22.3 Å². The third-order valence-corrected chi connectivity index (χ3v) is 5.56. The summed E-state index contributed by atoms with van der Waals surface area (Å²) < 4.78 is 19.8. The van der Waals surface area contributed by atoms with Crippen LogP contribution in [-0.4, -0.2) is 22.8 Å². The molecule has 1 fully saturated rings. The molecule has 3 nitrogen and oxygen atoms in total. The topological polar surface area (TPSA) is 43.4 Å². The average molecular weight is 382 g/mol. The summed E-state index contributed by atoms with van der Waals surface area (Å²) in [4.78, 5) is 26.1. The van der Waals surface area contributed by atoms with Crippen molar-refractivity contribution in [2.45, 2.75) is 65.1 Å². The predicted molar refractivity (Wildman–Crippen MR) is 108 cm³/mol. The van der Waals surface area contributed by atoms with Gasteiger partial charge in [0, 0.05) is 0 Å². The van der Waals surface area contributed by atoms with Crippen LogP contribution in [0.4, 0.5) is 4.39 Å². The molecule has 3 rings (SSSR count). The van der Waals surface area contributed by atoms with Crippen molar-refractivity contribution in [3.8, 4) is 11.1 Å². The van der Waals surface area contributed by atoms with Crippen LogP contribution in [0.1, 0.15) is 57.2 Å². The molecule has 1 aliphatic rings. The van der Waals surface area contributed by atoms with Gasteiger partial charge in [0.25, 0.3) is 0 Å². The molecule has 0 N–H and O–H groups in total. The van der Waals surface area contributed by atoms with Crippen molar-refractivity contribution in [2.75, 3.05) is 0 Å². The number of carbonyl (C=O) groups is 2. The largest absolute Gasteiger partial charge is 0.354 e. The van der Waals surface area contributed by atoms with Crippen LogP contribution in [0.15, 0.2) is 36.4 Å². The number of hydrogen-bond donors (Lipinski definition) is 0. The van der Waals surface area contributed by atoms with Crippen molar-refractivity contribution < 1.29 is 18.7 Å². The standard InChI is InChI=1S/C24H27FO3/c1-7-15-12-16(17-9-8-14(2)19(25)13-17)10-11-18(15)20-21(26)23(3,4)28-24(5,6)22(20)27/h8-13,20H,7H2,1-6H3. The number of ether oxygens (including phenoxy) is 1. The lowest BCUT2D eigenvalue weighted by Crippen LogP contribution is -2.58. The fraction of sp³-hybridized carbons (Fsp3) is 0.417. The second-order valence-electron chi connectivity index (χ2n) is 8.52. The summed E-state index contributed by atoms with van der Waals surface area (Å²) in [5.74, 6) is -1.54. The highest BCUT2D eigenvalue weighted by atomic mass is 19.1. The summed E-state index contributed by atoms with van der Waals surface area (Å²) in [7, 11) is 0. The molecule has 0 saturated carbocycles. The molecule has 0 amide bonds. The van der Waals surface area contributed by atoms with E-state index in [-0.39, 0.29) is 17.4 Å². The van der Waals surface area contributed by atoms with Crippen molar-refractivity contribution >= 4 is 11.6 Å². The lowest BCUT2D eigenvalue weighted by Gasteiger charge is -2.43. The molecule has 148 valence electrons. The first-order chi connectivity index (χ1) is 13.0. The predicted octanol–water partition coefficient (Wildman–Crippen LogP) is 5.17. The van der Waals surface area contributed by atoms with E-state index in [0.29, 0.717) is 12.0 Å². The third-order valence-electron chi connectivity index (χ3n) is 5.56. The molecule has 2 aromatic rings. The number of ketones is 2. The van der Waals surface area contributed by atoms with Gasteiger partial charge in [-0.3, -0.25) is 9.59 Å². The summed E-state index contributed by atoms with van der Waals surface area (Å²) in [5, 5.41) is 0. The molecule has 0 aromatic heterocycles. The van der Waals surface area contributed by atoms with Gasteiger partial charge in [0.15, 0.2) is 11.6 Å². The highest BCUT2D eigenvalue weighted by Crippen LogP contribution is 2.40. The van der Waals surface area contributed by atoms with Crippen LogP contribution in [0.3, 0.4) is 0 Å². The van der Waals surface area contributed by atoms with Crippen LogP contribution in [0.25, 0.3) is 11.1 Å². The van der Waals surface area contributed by atoms with E-state index in [4.69, 9.17) is 4.74 Å². The molecular weight excluding hydrogens is 355 g/mol. The van der Waals surface area contributed by atoms with E-state index < -0.39 is 17.1 Å². The number of carbonyl (C=O) groups excluding carboxylic acids is 2. The van der Waals surface area contributed by atoms with Crippen LogP contribution in [0.2, 0.25) is 0 Å². The second kappa shape index (κ2) is 6.93. The van der Waals surface area contributed by atoms with Crippen molar-refractivity contribution in [2.24, 2.45) is 0 Å². The van der Waals surface area contributed by atoms with Crippen molar-refractivity contribution in [3.63, 3.8) is 0 Å². The Balaban J connectivity index is 2.10.